The summed E-state index contributed by atoms with van der Waals surface area (Å²) in [4.78, 5) is 0. The van der Waals surface area contributed by atoms with Gasteiger partial charge in [-0.15, -0.1) is 0 Å². The summed E-state index contributed by atoms with van der Waals surface area (Å²) in [5.74, 6) is -6.86. The minimum absolute atomic E-state index is 0.0741. The standard InChI is InChI=1S/C34H33F7O/c1-20-2-7-22(8-3-20)24-12-15-28(30(36)16-24)25-11-10-23(29(35)17-25)9-4-21-5-13-26(14-6-21)34(40,41)42-27-18-31(37)33(39)32(38)19-27/h4,9-12,15-22,26H,2-3,5-8,13-14H2,1H3/b9-4+. The smallest absolute Gasteiger partial charge is 0.400 e. The molecule has 0 aliphatic heterocycles. The Morgan fingerprint density at radius 1 is 0.714 bits per heavy atom. The fourth-order valence-electron chi connectivity index (χ4n) is 6.16. The van der Waals surface area contributed by atoms with Crippen LogP contribution in [0.1, 0.15) is 75.3 Å². The highest BCUT2D eigenvalue weighted by Crippen LogP contribution is 2.41. The van der Waals surface area contributed by atoms with Crippen LogP contribution >= 0.6 is 0 Å². The predicted octanol–water partition coefficient (Wildman–Crippen LogP) is 10.8. The van der Waals surface area contributed by atoms with E-state index in [9.17, 15) is 26.3 Å². The minimum atomic E-state index is -3.70. The number of hydrogen-bond acceptors (Lipinski definition) is 1. The molecule has 0 bridgehead atoms. The summed E-state index contributed by atoms with van der Waals surface area (Å²) in [5, 5.41) is 0. The van der Waals surface area contributed by atoms with Crippen molar-refractivity contribution in [3.8, 4) is 16.9 Å². The van der Waals surface area contributed by atoms with Crippen molar-refractivity contribution < 1.29 is 35.5 Å². The molecule has 0 amide bonds. The van der Waals surface area contributed by atoms with Gasteiger partial charge in [0.05, 0.1) is 5.92 Å². The lowest BCUT2D eigenvalue weighted by Gasteiger charge is -2.32. The zero-order valence-electron chi connectivity index (χ0n) is 23.3. The van der Waals surface area contributed by atoms with Gasteiger partial charge in [-0.3, -0.25) is 0 Å². The number of ether oxygens (including phenoxy) is 1. The van der Waals surface area contributed by atoms with Crippen molar-refractivity contribution >= 4 is 6.08 Å². The molecule has 0 unspecified atom stereocenters. The highest BCUT2D eigenvalue weighted by molar-refractivity contribution is 5.67. The number of alkyl halides is 2. The summed E-state index contributed by atoms with van der Waals surface area (Å²) < 4.78 is 104. The van der Waals surface area contributed by atoms with Gasteiger partial charge in [-0.05, 0) is 79.5 Å². The molecular formula is C34H33F7O. The van der Waals surface area contributed by atoms with Crippen LogP contribution in [0.5, 0.6) is 5.75 Å². The van der Waals surface area contributed by atoms with Crippen molar-refractivity contribution in [2.24, 2.45) is 17.8 Å². The van der Waals surface area contributed by atoms with Crippen LogP contribution in [0.25, 0.3) is 17.2 Å². The molecule has 42 heavy (non-hydrogen) atoms. The van der Waals surface area contributed by atoms with Crippen LogP contribution in [0.3, 0.4) is 0 Å². The van der Waals surface area contributed by atoms with Crippen LogP contribution in [0.4, 0.5) is 30.7 Å². The molecule has 0 heterocycles. The van der Waals surface area contributed by atoms with E-state index in [0.29, 0.717) is 53.5 Å². The van der Waals surface area contributed by atoms with Gasteiger partial charge in [-0.25, -0.2) is 22.0 Å². The molecular weight excluding hydrogens is 557 g/mol. The lowest BCUT2D eigenvalue weighted by Crippen LogP contribution is -2.37. The van der Waals surface area contributed by atoms with Crippen LogP contribution in [0, 0.1) is 46.8 Å². The zero-order chi connectivity index (χ0) is 30.0. The van der Waals surface area contributed by atoms with Gasteiger partial charge in [-0.2, -0.15) is 8.78 Å². The molecule has 1 nitrogen and oxygen atoms in total. The molecule has 3 aromatic carbocycles. The maximum absolute atomic E-state index is 15.0. The molecule has 2 fully saturated rings. The van der Waals surface area contributed by atoms with Gasteiger partial charge in [0, 0.05) is 23.3 Å². The van der Waals surface area contributed by atoms with E-state index in [1.54, 1.807) is 36.4 Å². The quantitative estimate of drug-likeness (QED) is 0.197. The topological polar surface area (TPSA) is 9.23 Å². The molecule has 8 heteroatoms. The van der Waals surface area contributed by atoms with Crippen molar-refractivity contribution in [1.29, 1.82) is 0 Å². The van der Waals surface area contributed by atoms with E-state index in [1.807, 2.05) is 6.07 Å². The fourth-order valence-corrected chi connectivity index (χ4v) is 6.16. The Balaban J connectivity index is 1.18. The van der Waals surface area contributed by atoms with Crippen LogP contribution in [0.15, 0.2) is 54.6 Å². The molecule has 2 saturated carbocycles. The van der Waals surface area contributed by atoms with Crippen LogP contribution in [-0.4, -0.2) is 6.11 Å². The van der Waals surface area contributed by atoms with E-state index in [-0.39, 0.29) is 24.6 Å². The van der Waals surface area contributed by atoms with Crippen LogP contribution < -0.4 is 4.74 Å². The highest BCUT2D eigenvalue weighted by Gasteiger charge is 2.44. The zero-order valence-corrected chi connectivity index (χ0v) is 23.3. The van der Waals surface area contributed by atoms with E-state index >= 15 is 4.39 Å². The molecule has 0 atom stereocenters. The first kappa shape index (κ1) is 30.2. The van der Waals surface area contributed by atoms with Gasteiger partial charge in [0.25, 0.3) is 0 Å². The number of halogens is 7. The first-order valence-corrected chi connectivity index (χ1v) is 14.5. The lowest BCUT2D eigenvalue weighted by atomic mass is 9.79. The predicted molar refractivity (Wildman–Crippen MR) is 149 cm³/mol. The monoisotopic (exact) mass is 590 g/mol. The van der Waals surface area contributed by atoms with Crippen LogP contribution in [-0.2, 0) is 0 Å². The third-order valence-electron chi connectivity index (χ3n) is 8.80. The van der Waals surface area contributed by atoms with Crippen molar-refractivity contribution in [2.45, 2.75) is 70.3 Å². The molecule has 0 saturated heterocycles. The van der Waals surface area contributed by atoms with E-state index in [1.165, 1.54) is 6.07 Å². The summed E-state index contributed by atoms with van der Waals surface area (Å²) in [7, 11) is 0. The molecule has 3 aromatic rings. The van der Waals surface area contributed by atoms with Crippen molar-refractivity contribution in [2.75, 3.05) is 0 Å². The van der Waals surface area contributed by atoms with E-state index in [0.717, 1.165) is 31.2 Å². The molecule has 0 radical (unpaired) electrons. The van der Waals surface area contributed by atoms with Crippen molar-refractivity contribution in [3.05, 3.63) is 94.8 Å². The Hall–Kier alpha value is -3.29. The number of rotatable bonds is 7. The summed E-state index contributed by atoms with van der Waals surface area (Å²) in [6.45, 7) is 2.24. The Labute approximate surface area is 241 Å². The Morgan fingerprint density at radius 3 is 2.00 bits per heavy atom. The molecule has 5 rings (SSSR count). The summed E-state index contributed by atoms with van der Waals surface area (Å²) in [5.41, 5.74) is 2.07. The van der Waals surface area contributed by atoms with Crippen LogP contribution in [0.2, 0.25) is 0 Å². The third kappa shape index (κ3) is 6.84. The first-order valence-electron chi connectivity index (χ1n) is 14.5. The van der Waals surface area contributed by atoms with E-state index < -0.39 is 41.0 Å². The molecule has 0 N–H and O–H groups in total. The Bertz CT molecular complexity index is 1410. The Kier molecular flexibility index (Phi) is 9.00. The van der Waals surface area contributed by atoms with Crippen molar-refractivity contribution in [3.63, 3.8) is 0 Å². The largest absolute Gasteiger partial charge is 0.432 e. The summed E-state index contributed by atoms with van der Waals surface area (Å²) in [6, 6.07) is 10.5. The first-order chi connectivity index (χ1) is 20.0. The maximum Gasteiger partial charge on any atom is 0.400 e. The van der Waals surface area contributed by atoms with E-state index in [2.05, 4.69) is 11.7 Å². The van der Waals surface area contributed by atoms with Gasteiger partial charge in [-0.1, -0.05) is 56.2 Å². The second kappa shape index (κ2) is 12.5. The minimum Gasteiger partial charge on any atom is -0.432 e. The Morgan fingerprint density at radius 2 is 1.38 bits per heavy atom. The third-order valence-corrected chi connectivity index (χ3v) is 8.80. The second-order valence-electron chi connectivity index (χ2n) is 11.8. The normalized spacial score (nSPS) is 23.3. The van der Waals surface area contributed by atoms with Gasteiger partial charge >= 0.3 is 6.11 Å². The summed E-state index contributed by atoms with van der Waals surface area (Å²) >= 11 is 0. The van der Waals surface area contributed by atoms with Gasteiger partial charge in [0.2, 0.25) is 0 Å². The number of hydrogen-bond donors (Lipinski definition) is 0. The molecule has 2 aliphatic rings. The van der Waals surface area contributed by atoms with Gasteiger partial charge in [0.1, 0.15) is 17.4 Å². The average Bonchev–Trinajstić information content (AvgIpc) is 2.95. The molecule has 224 valence electrons. The van der Waals surface area contributed by atoms with Crippen molar-refractivity contribution in [1.82, 2.24) is 0 Å². The summed E-state index contributed by atoms with van der Waals surface area (Å²) in [6.07, 6.45) is 4.96. The lowest BCUT2D eigenvalue weighted by molar-refractivity contribution is -0.223. The highest BCUT2D eigenvalue weighted by atomic mass is 19.3. The fraction of sp³-hybridized carbons (Fsp3) is 0.412. The average molecular weight is 591 g/mol. The molecule has 0 spiro atoms. The SMILES string of the molecule is CC1CCC(c2ccc(-c3ccc(/C=C/C4CCC(C(F)(F)Oc5cc(F)c(F)c(F)c5)CC4)c(F)c3)c(F)c2)CC1. The molecule has 2 aliphatic carbocycles. The maximum atomic E-state index is 15.0. The van der Waals surface area contributed by atoms with Gasteiger partial charge in [0.15, 0.2) is 17.5 Å². The second-order valence-corrected chi connectivity index (χ2v) is 11.8. The number of allylic oxidation sites excluding steroid dienone is 1. The molecule has 0 aromatic heterocycles. The van der Waals surface area contributed by atoms with E-state index in [4.69, 9.17) is 0 Å². The van der Waals surface area contributed by atoms with Gasteiger partial charge < -0.3 is 4.74 Å². The number of benzene rings is 3.